The molecule has 1 aromatic heterocycles. The third kappa shape index (κ3) is 3.61. The molecule has 0 unspecified atom stereocenters. The largest absolute Gasteiger partial charge is 0.304 e. The number of rotatable bonds is 2. The van der Waals surface area contributed by atoms with Crippen molar-refractivity contribution in [2.45, 2.75) is 14.0 Å². The minimum Gasteiger partial charge on any atom is -0.304 e. The number of pyridine rings is 1. The zero-order valence-electron chi connectivity index (χ0n) is 8.69. The van der Waals surface area contributed by atoms with E-state index in [1.54, 1.807) is 0 Å². The van der Waals surface area contributed by atoms with Crippen LogP contribution in [0, 0.1) is 0 Å². The second-order valence-corrected chi connectivity index (χ2v) is 3.90. The zero-order valence-corrected chi connectivity index (χ0v) is 8.69. The number of aromatic nitrogens is 1. The van der Waals surface area contributed by atoms with Crippen LogP contribution >= 0.6 is 0 Å². The summed E-state index contributed by atoms with van der Waals surface area (Å²) in [6.07, 6.45) is 1.87. The highest BCUT2D eigenvalue weighted by Crippen LogP contribution is 2.04. The molecule has 0 N–H and O–H groups in total. The van der Waals surface area contributed by atoms with Crippen LogP contribution in [0.2, 0.25) is 0 Å². The van der Waals surface area contributed by atoms with Gasteiger partial charge in [-0.05, 0) is 19.2 Å². The average Bonchev–Trinajstić information content (AvgIpc) is 2.23. The maximum atomic E-state index is 4.34. The third-order valence-electron chi connectivity index (χ3n) is 2.71. The van der Waals surface area contributed by atoms with Gasteiger partial charge in [0.1, 0.15) is 0 Å². The molecule has 0 saturated carbocycles. The second kappa shape index (κ2) is 5.83. The summed E-state index contributed by atoms with van der Waals surface area (Å²) in [5.74, 6) is 0. The molecule has 3 nitrogen and oxygen atoms in total. The first-order valence-corrected chi connectivity index (χ1v) is 5.15. The molecule has 2 heterocycles. The SMILES string of the molecule is C.CN1CCN(Cc2ccccn2)CC1. The molecule has 15 heavy (non-hydrogen) atoms. The van der Waals surface area contributed by atoms with E-state index in [4.69, 9.17) is 0 Å². The van der Waals surface area contributed by atoms with Crippen molar-refractivity contribution in [3.05, 3.63) is 30.1 Å². The Labute approximate surface area is 92.7 Å². The Morgan fingerprint density at radius 3 is 2.53 bits per heavy atom. The van der Waals surface area contributed by atoms with Crippen LogP contribution in [0.15, 0.2) is 24.4 Å². The molecular weight excluding hydrogens is 186 g/mol. The predicted octanol–water partition coefficient (Wildman–Crippen LogP) is 1.47. The maximum absolute atomic E-state index is 4.34. The summed E-state index contributed by atoms with van der Waals surface area (Å²) in [6.45, 7) is 5.66. The quantitative estimate of drug-likeness (QED) is 0.732. The first-order valence-electron chi connectivity index (χ1n) is 5.15. The van der Waals surface area contributed by atoms with E-state index < -0.39 is 0 Å². The molecule has 1 fully saturated rings. The van der Waals surface area contributed by atoms with Crippen molar-refractivity contribution < 1.29 is 0 Å². The van der Waals surface area contributed by atoms with Gasteiger partial charge in [0.2, 0.25) is 0 Å². The van der Waals surface area contributed by atoms with Gasteiger partial charge in [-0.3, -0.25) is 9.88 Å². The van der Waals surface area contributed by atoms with Crippen molar-refractivity contribution in [3.63, 3.8) is 0 Å². The molecule has 0 radical (unpaired) electrons. The molecule has 0 aromatic carbocycles. The van der Waals surface area contributed by atoms with Gasteiger partial charge < -0.3 is 4.90 Å². The van der Waals surface area contributed by atoms with Crippen LogP contribution in [-0.4, -0.2) is 48.0 Å². The zero-order chi connectivity index (χ0) is 9.80. The lowest BCUT2D eigenvalue weighted by molar-refractivity contribution is 0.147. The topological polar surface area (TPSA) is 19.4 Å². The first kappa shape index (κ1) is 12.1. The van der Waals surface area contributed by atoms with Crippen molar-refractivity contribution in [3.8, 4) is 0 Å². The Hall–Kier alpha value is -0.930. The molecule has 1 aliphatic heterocycles. The summed E-state index contributed by atoms with van der Waals surface area (Å²) in [4.78, 5) is 9.17. The van der Waals surface area contributed by atoms with Crippen LogP contribution in [0.5, 0.6) is 0 Å². The number of nitrogens with zero attached hydrogens (tertiary/aromatic N) is 3. The lowest BCUT2D eigenvalue weighted by Crippen LogP contribution is -2.43. The van der Waals surface area contributed by atoms with Crippen LogP contribution in [-0.2, 0) is 6.54 Å². The van der Waals surface area contributed by atoms with Gasteiger partial charge in [-0.2, -0.15) is 0 Å². The highest BCUT2D eigenvalue weighted by Gasteiger charge is 2.13. The van der Waals surface area contributed by atoms with E-state index in [1.165, 1.54) is 18.8 Å². The van der Waals surface area contributed by atoms with E-state index in [0.29, 0.717) is 0 Å². The van der Waals surface area contributed by atoms with Crippen molar-refractivity contribution in [1.82, 2.24) is 14.8 Å². The van der Waals surface area contributed by atoms with E-state index in [1.807, 2.05) is 12.3 Å². The Kier molecular flexibility index (Phi) is 4.72. The van der Waals surface area contributed by atoms with Gasteiger partial charge >= 0.3 is 0 Å². The second-order valence-electron chi connectivity index (χ2n) is 3.90. The fourth-order valence-corrected chi connectivity index (χ4v) is 1.73. The van der Waals surface area contributed by atoms with Crippen molar-refractivity contribution in [2.24, 2.45) is 0 Å². The van der Waals surface area contributed by atoms with Gasteiger partial charge in [-0.1, -0.05) is 13.5 Å². The highest BCUT2D eigenvalue weighted by atomic mass is 15.2. The summed E-state index contributed by atoms with van der Waals surface area (Å²) in [6, 6.07) is 6.12. The number of hydrogen-bond acceptors (Lipinski definition) is 3. The lowest BCUT2D eigenvalue weighted by atomic mass is 10.3. The molecule has 0 atom stereocenters. The molecule has 1 aliphatic rings. The van der Waals surface area contributed by atoms with E-state index in [2.05, 4.69) is 34.0 Å². The van der Waals surface area contributed by atoms with Crippen LogP contribution in [0.3, 0.4) is 0 Å². The predicted molar refractivity (Wildman–Crippen MR) is 63.7 cm³/mol. The van der Waals surface area contributed by atoms with E-state index in [0.717, 1.165) is 19.6 Å². The minimum atomic E-state index is 0. The summed E-state index contributed by atoms with van der Waals surface area (Å²) in [5, 5.41) is 0. The molecule has 1 saturated heterocycles. The standard InChI is InChI=1S/C11H17N3.CH4/c1-13-6-8-14(9-7-13)10-11-4-2-3-5-12-11;/h2-5H,6-10H2,1H3;1H4. The molecule has 0 amide bonds. The molecule has 84 valence electrons. The van der Waals surface area contributed by atoms with E-state index in [-0.39, 0.29) is 7.43 Å². The first-order chi connectivity index (χ1) is 6.84. The Morgan fingerprint density at radius 2 is 1.93 bits per heavy atom. The molecular formula is C12H21N3. The molecule has 1 aromatic rings. The smallest absolute Gasteiger partial charge is 0.0543 e. The van der Waals surface area contributed by atoms with Crippen LogP contribution < -0.4 is 0 Å². The summed E-state index contributed by atoms with van der Waals surface area (Å²) < 4.78 is 0. The minimum absolute atomic E-state index is 0. The Morgan fingerprint density at radius 1 is 1.20 bits per heavy atom. The van der Waals surface area contributed by atoms with E-state index >= 15 is 0 Å². The third-order valence-corrected chi connectivity index (χ3v) is 2.71. The Bertz CT molecular complexity index is 265. The molecule has 2 rings (SSSR count). The Balaban J connectivity index is 0.00000112. The summed E-state index contributed by atoms with van der Waals surface area (Å²) >= 11 is 0. The van der Waals surface area contributed by atoms with Crippen molar-refractivity contribution >= 4 is 0 Å². The van der Waals surface area contributed by atoms with E-state index in [9.17, 15) is 0 Å². The monoisotopic (exact) mass is 207 g/mol. The number of piperazine rings is 1. The highest BCUT2D eigenvalue weighted by molar-refractivity contribution is 5.03. The van der Waals surface area contributed by atoms with Crippen LogP contribution in [0.25, 0.3) is 0 Å². The molecule has 0 aliphatic carbocycles. The summed E-state index contributed by atoms with van der Waals surface area (Å²) in [5.41, 5.74) is 1.18. The van der Waals surface area contributed by atoms with Crippen molar-refractivity contribution in [2.75, 3.05) is 33.2 Å². The van der Waals surface area contributed by atoms with Gasteiger partial charge in [0.25, 0.3) is 0 Å². The fraction of sp³-hybridized carbons (Fsp3) is 0.583. The average molecular weight is 207 g/mol. The molecule has 0 spiro atoms. The van der Waals surface area contributed by atoms with Gasteiger partial charge in [-0.25, -0.2) is 0 Å². The number of likely N-dealkylation sites (N-methyl/N-ethyl adjacent to an activating group) is 1. The fourth-order valence-electron chi connectivity index (χ4n) is 1.73. The van der Waals surface area contributed by atoms with Crippen LogP contribution in [0.4, 0.5) is 0 Å². The van der Waals surface area contributed by atoms with Crippen molar-refractivity contribution in [1.29, 1.82) is 0 Å². The van der Waals surface area contributed by atoms with Gasteiger partial charge in [-0.15, -0.1) is 0 Å². The molecule has 0 bridgehead atoms. The number of hydrogen-bond donors (Lipinski definition) is 0. The maximum Gasteiger partial charge on any atom is 0.0543 e. The van der Waals surface area contributed by atoms with Gasteiger partial charge in [0.05, 0.1) is 5.69 Å². The van der Waals surface area contributed by atoms with Gasteiger partial charge in [0.15, 0.2) is 0 Å². The van der Waals surface area contributed by atoms with Gasteiger partial charge in [0, 0.05) is 38.9 Å². The molecule has 3 heteroatoms. The normalized spacial score (nSPS) is 18.5. The summed E-state index contributed by atoms with van der Waals surface area (Å²) in [7, 11) is 2.18. The lowest BCUT2D eigenvalue weighted by Gasteiger charge is -2.31. The van der Waals surface area contributed by atoms with Crippen LogP contribution in [0.1, 0.15) is 13.1 Å².